The van der Waals surface area contributed by atoms with Crippen LogP contribution >= 0.6 is 27.7 Å². The molecule has 3 heteroatoms. The van der Waals surface area contributed by atoms with Crippen LogP contribution in [0.4, 0.5) is 0 Å². The first-order chi connectivity index (χ1) is 6.20. The molecule has 1 aliphatic rings. The second kappa shape index (κ2) is 3.64. The fourth-order valence-electron chi connectivity index (χ4n) is 1.71. The third kappa shape index (κ3) is 1.65. The second-order valence-corrected chi connectivity index (χ2v) is 5.26. The van der Waals surface area contributed by atoms with Gasteiger partial charge in [-0.2, -0.15) is 11.8 Å². The highest BCUT2D eigenvalue weighted by Gasteiger charge is 2.20. The zero-order valence-electron chi connectivity index (χ0n) is 7.51. The number of thioether (sulfide) groups is 1. The molecule has 1 heterocycles. The summed E-state index contributed by atoms with van der Waals surface area (Å²) in [6.07, 6.45) is 0. The van der Waals surface area contributed by atoms with E-state index < -0.39 is 0 Å². The number of rotatable bonds is 0. The first-order valence-electron chi connectivity index (χ1n) is 4.31. The maximum Gasteiger partial charge on any atom is 0.0401 e. The maximum absolute atomic E-state index is 6.07. The number of halogens is 1. The fourth-order valence-corrected chi connectivity index (χ4v) is 3.50. The SMILES string of the molecule is Cc1ccc(Br)c2c1CSC[C@H]2N. The molecule has 0 saturated heterocycles. The van der Waals surface area contributed by atoms with Crippen molar-refractivity contribution in [3.8, 4) is 0 Å². The molecule has 2 N–H and O–H groups in total. The smallest absolute Gasteiger partial charge is 0.0401 e. The quantitative estimate of drug-likeness (QED) is 0.774. The molecule has 13 heavy (non-hydrogen) atoms. The van der Waals surface area contributed by atoms with Crippen molar-refractivity contribution in [3.05, 3.63) is 33.3 Å². The third-order valence-corrected chi connectivity index (χ3v) is 4.23. The lowest BCUT2D eigenvalue weighted by Crippen LogP contribution is -2.20. The van der Waals surface area contributed by atoms with Gasteiger partial charge in [-0.1, -0.05) is 22.0 Å². The third-order valence-electron chi connectivity index (χ3n) is 2.45. The molecular formula is C10H12BrNS. The second-order valence-electron chi connectivity index (χ2n) is 3.38. The average molecular weight is 258 g/mol. The minimum absolute atomic E-state index is 0.197. The van der Waals surface area contributed by atoms with Crippen LogP contribution in [0.15, 0.2) is 16.6 Å². The van der Waals surface area contributed by atoms with Crippen LogP contribution in [0.1, 0.15) is 22.7 Å². The van der Waals surface area contributed by atoms with Crippen molar-refractivity contribution in [2.75, 3.05) is 5.75 Å². The Kier molecular flexibility index (Phi) is 2.67. The molecule has 0 radical (unpaired) electrons. The molecule has 1 aromatic rings. The summed E-state index contributed by atoms with van der Waals surface area (Å²) >= 11 is 5.49. The Bertz CT molecular complexity index is 338. The highest BCUT2D eigenvalue weighted by molar-refractivity contribution is 9.10. The lowest BCUT2D eigenvalue weighted by Gasteiger charge is -2.24. The summed E-state index contributed by atoms with van der Waals surface area (Å²) in [7, 11) is 0. The molecule has 2 rings (SSSR count). The van der Waals surface area contributed by atoms with Crippen molar-refractivity contribution < 1.29 is 0 Å². The lowest BCUT2D eigenvalue weighted by atomic mass is 9.98. The first kappa shape index (κ1) is 9.56. The minimum atomic E-state index is 0.197. The Balaban J connectivity index is 2.60. The van der Waals surface area contributed by atoms with E-state index in [0.29, 0.717) is 0 Å². The van der Waals surface area contributed by atoms with Crippen LogP contribution in [-0.4, -0.2) is 5.75 Å². The van der Waals surface area contributed by atoms with Gasteiger partial charge in [0, 0.05) is 22.0 Å². The van der Waals surface area contributed by atoms with Crippen LogP contribution in [0.2, 0.25) is 0 Å². The fraction of sp³-hybridized carbons (Fsp3) is 0.400. The molecule has 1 aliphatic heterocycles. The predicted octanol–water partition coefficient (Wildman–Crippen LogP) is 3.00. The van der Waals surface area contributed by atoms with Crippen LogP contribution < -0.4 is 5.73 Å². The van der Waals surface area contributed by atoms with Gasteiger partial charge >= 0.3 is 0 Å². The normalized spacial score (nSPS) is 21.3. The molecule has 0 amide bonds. The van der Waals surface area contributed by atoms with E-state index in [1.165, 1.54) is 21.2 Å². The van der Waals surface area contributed by atoms with Gasteiger partial charge in [-0.25, -0.2) is 0 Å². The Hall–Kier alpha value is 0.01000. The zero-order chi connectivity index (χ0) is 9.42. The van der Waals surface area contributed by atoms with Crippen LogP contribution in [0.5, 0.6) is 0 Å². The van der Waals surface area contributed by atoms with E-state index in [0.717, 1.165) is 11.5 Å². The molecule has 0 unspecified atom stereocenters. The largest absolute Gasteiger partial charge is 0.323 e. The maximum atomic E-state index is 6.07. The van der Waals surface area contributed by atoms with Crippen molar-refractivity contribution in [1.29, 1.82) is 0 Å². The molecule has 0 saturated carbocycles. The van der Waals surface area contributed by atoms with Gasteiger partial charge < -0.3 is 5.73 Å². The Labute approximate surface area is 91.2 Å². The summed E-state index contributed by atoms with van der Waals surface area (Å²) in [5.74, 6) is 2.14. The van der Waals surface area contributed by atoms with E-state index in [4.69, 9.17) is 5.73 Å². The van der Waals surface area contributed by atoms with Gasteiger partial charge in [-0.3, -0.25) is 0 Å². The van der Waals surface area contributed by atoms with E-state index >= 15 is 0 Å². The first-order valence-corrected chi connectivity index (χ1v) is 6.26. The van der Waals surface area contributed by atoms with Gasteiger partial charge in [-0.15, -0.1) is 0 Å². The van der Waals surface area contributed by atoms with Crippen molar-refractivity contribution in [3.63, 3.8) is 0 Å². The number of fused-ring (bicyclic) bond motifs is 1. The molecule has 70 valence electrons. The van der Waals surface area contributed by atoms with Gasteiger partial charge in [0.1, 0.15) is 0 Å². The van der Waals surface area contributed by atoms with Crippen molar-refractivity contribution in [1.82, 2.24) is 0 Å². The summed E-state index contributed by atoms with van der Waals surface area (Å²) in [6.45, 7) is 2.16. The molecule has 0 bridgehead atoms. The van der Waals surface area contributed by atoms with E-state index in [1.54, 1.807) is 0 Å². The molecule has 1 nitrogen and oxygen atoms in total. The molecular weight excluding hydrogens is 246 g/mol. The number of hydrogen-bond donors (Lipinski definition) is 1. The number of nitrogens with two attached hydrogens (primary N) is 1. The minimum Gasteiger partial charge on any atom is -0.323 e. The topological polar surface area (TPSA) is 26.0 Å². The molecule has 1 aromatic carbocycles. The highest BCUT2D eigenvalue weighted by Crippen LogP contribution is 2.36. The van der Waals surface area contributed by atoms with Crippen LogP contribution in [0.3, 0.4) is 0 Å². The van der Waals surface area contributed by atoms with Gasteiger partial charge in [-0.05, 0) is 29.7 Å². The van der Waals surface area contributed by atoms with Crippen molar-refractivity contribution in [2.24, 2.45) is 5.73 Å². The average Bonchev–Trinajstić information content (AvgIpc) is 2.12. The molecule has 0 fully saturated rings. The molecule has 0 aromatic heterocycles. The van der Waals surface area contributed by atoms with Crippen molar-refractivity contribution in [2.45, 2.75) is 18.7 Å². The van der Waals surface area contributed by atoms with Crippen LogP contribution in [0.25, 0.3) is 0 Å². The number of hydrogen-bond acceptors (Lipinski definition) is 2. The van der Waals surface area contributed by atoms with Crippen LogP contribution in [0, 0.1) is 6.92 Å². The van der Waals surface area contributed by atoms with Gasteiger partial charge in [0.05, 0.1) is 0 Å². The van der Waals surface area contributed by atoms with E-state index in [-0.39, 0.29) is 6.04 Å². The van der Waals surface area contributed by atoms with Gasteiger partial charge in [0.2, 0.25) is 0 Å². The Morgan fingerprint density at radius 1 is 1.54 bits per heavy atom. The van der Waals surface area contributed by atoms with E-state index in [2.05, 4.69) is 35.0 Å². The zero-order valence-corrected chi connectivity index (χ0v) is 9.91. The standard InChI is InChI=1S/C10H12BrNS/c1-6-2-3-8(11)10-7(6)4-13-5-9(10)12/h2-3,9H,4-5,12H2,1H3/t9-/m1/s1. The van der Waals surface area contributed by atoms with Gasteiger partial charge in [0.15, 0.2) is 0 Å². The summed E-state index contributed by atoms with van der Waals surface area (Å²) in [6, 6.07) is 4.45. The van der Waals surface area contributed by atoms with Crippen molar-refractivity contribution >= 4 is 27.7 Å². The number of aryl methyl sites for hydroxylation is 1. The number of benzene rings is 1. The lowest BCUT2D eigenvalue weighted by molar-refractivity contribution is 0.801. The molecule has 0 aliphatic carbocycles. The molecule has 0 spiro atoms. The monoisotopic (exact) mass is 257 g/mol. The van der Waals surface area contributed by atoms with Gasteiger partial charge in [0.25, 0.3) is 0 Å². The van der Waals surface area contributed by atoms with E-state index in [1.807, 2.05) is 11.8 Å². The Morgan fingerprint density at radius 3 is 3.00 bits per heavy atom. The summed E-state index contributed by atoms with van der Waals surface area (Å²) in [5.41, 5.74) is 10.2. The predicted molar refractivity (Wildman–Crippen MR) is 62.0 cm³/mol. The summed E-state index contributed by atoms with van der Waals surface area (Å²) < 4.78 is 1.17. The Morgan fingerprint density at radius 2 is 2.31 bits per heavy atom. The summed E-state index contributed by atoms with van der Waals surface area (Å²) in [5, 5.41) is 0. The summed E-state index contributed by atoms with van der Waals surface area (Å²) in [4.78, 5) is 0. The highest BCUT2D eigenvalue weighted by atomic mass is 79.9. The van der Waals surface area contributed by atoms with E-state index in [9.17, 15) is 0 Å². The van der Waals surface area contributed by atoms with Crippen LogP contribution in [-0.2, 0) is 5.75 Å². The molecule has 1 atom stereocenters.